The van der Waals surface area contributed by atoms with Gasteiger partial charge in [0.25, 0.3) is 11.6 Å². The fraction of sp³-hybridized carbons (Fsp3) is 0.905. The van der Waals surface area contributed by atoms with Crippen molar-refractivity contribution in [3.63, 3.8) is 0 Å². The highest BCUT2D eigenvalue weighted by molar-refractivity contribution is 5.78. The van der Waals surface area contributed by atoms with Gasteiger partial charge < -0.3 is 161 Å². The van der Waals surface area contributed by atoms with Crippen LogP contribution in [0.3, 0.4) is 0 Å². The molecule has 122 heavy (non-hydrogen) atoms. The van der Waals surface area contributed by atoms with Gasteiger partial charge in [0.1, 0.15) is 110 Å². The maximum atomic E-state index is 14.2. The Labute approximate surface area is 716 Å². The third kappa shape index (κ3) is 34.2. The minimum Gasteiger partial charge on any atom is -0.477 e. The van der Waals surface area contributed by atoms with Crippen LogP contribution in [0.1, 0.15) is 266 Å². The second-order valence-corrected chi connectivity index (χ2v) is 33.6. The second-order valence-electron chi connectivity index (χ2n) is 33.6. The van der Waals surface area contributed by atoms with Gasteiger partial charge >= 0.3 is 11.9 Å². The number of hydrogen-bond acceptors (Lipinski definition) is 32. The highest BCUT2D eigenvalue weighted by Crippen LogP contribution is 2.43. The Morgan fingerprint density at radius 2 is 0.852 bits per heavy atom. The molecule has 0 aromatic rings. The first-order chi connectivity index (χ1) is 58.3. The molecule has 5 rings (SSSR count). The van der Waals surface area contributed by atoms with Crippen molar-refractivity contribution in [3.8, 4) is 0 Å². The van der Waals surface area contributed by atoms with Crippen molar-refractivity contribution < 1.29 is 168 Å². The Morgan fingerprint density at radius 1 is 0.443 bits per heavy atom. The maximum absolute atomic E-state index is 14.2. The summed E-state index contributed by atoms with van der Waals surface area (Å²) in [6, 6.07) is -6.82. The van der Waals surface area contributed by atoms with Crippen LogP contribution in [0.25, 0.3) is 0 Å². The molecular weight excluding hydrogens is 1610 g/mol. The van der Waals surface area contributed by atoms with E-state index < -0.39 is 265 Å². The van der Waals surface area contributed by atoms with Gasteiger partial charge in [-0.25, -0.2) is 9.59 Å². The van der Waals surface area contributed by atoms with Gasteiger partial charge in [0.05, 0.1) is 76.1 Å². The second kappa shape index (κ2) is 57.4. The van der Waals surface area contributed by atoms with Gasteiger partial charge in [0.15, 0.2) is 18.9 Å². The molecule has 29 atom stereocenters. The number of aliphatic carboxylic acids is 2. The zero-order valence-corrected chi connectivity index (χ0v) is 72.0. The molecule has 0 aromatic heterocycles. The van der Waals surface area contributed by atoms with E-state index in [0.717, 1.165) is 85.0 Å². The molecular formula is C84H150N4O34. The van der Waals surface area contributed by atoms with Crippen LogP contribution >= 0.6 is 0 Å². The van der Waals surface area contributed by atoms with E-state index in [2.05, 4.69) is 35.1 Å². The number of amides is 4. The molecule has 5 fully saturated rings. The molecule has 2 unspecified atom stereocenters. The third-order valence-electron chi connectivity index (χ3n) is 23.5. The molecule has 38 heteroatoms. The van der Waals surface area contributed by atoms with Crippen LogP contribution in [-0.4, -0.2) is 344 Å². The van der Waals surface area contributed by atoms with Crippen LogP contribution in [0.5, 0.6) is 0 Å². The van der Waals surface area contributed by atoms with E-state index in [0.29, 0.717) is 12.8 Å². The Morgan fingerprint density at radius 3 is 1.30 bits per heavy atom. The molecule has 0 spiro atoms. The molecule has 5 aliphatic heterocycles. The average molecular weight is 1760 g/mol. The van der Waals surface area contributed by atoms with E-state index in [1.165, 1.54) is 141 Å². The number of hydrogen-bond donors (Lipinski definition) is 22. The Balaban J connectivity index is 1.39. The predicted molar refractivity (Wildman–Crippen MR) is 435 cm³/mol. The summed E-state index contributed by atoms with van der Waals surface area (Å²) in [4.78, 5) is 79.2. The number of rotatable bonds is 62. The van der Waals surface area contributed by atoms with Gasteiger partial charge in [0, 0.05) is 40.0 Å². The summed E-state index contributed by atoms with van der Waals surface area (Å²) in [5.74, 6) is -14.6. The molecule has 4 amide bonds. The van der Waals surface area contributed by atoms with Crippen molar-refractivity contribution in [2.24, 2.45) is 0 Å². The lowest BCUT2D eigenvalue weighted by Gasteiger charge is -2.52. The Kier molecular flexibility index (Phi) is 50.9. The Bertz CT molecular complexity index is 2970. The number of ether oxygens (including phenoxy) is 10. The minimum absolute atomic E-state index is 0.113. The van der Waals surface area contributed by atoms with Crippen LogP contribution in [0.4, 0.5) is 0 Å². The van der Waals surface area contributed by atoms with Crippen LogP contribution in [0, 0.1) is 0 Å². The predicted octanol–water partition coefficient (Wildman–Crippen LogP) is 0.648. The minimum atomic E-state index is -3.59. The molecule has 0 bridgehead atoms. The largest absolute Gasteiger partial charge is 0.477 e. The van der Waals surface area contributed by atoms with Crippen molar-refractivity contribution in [1.82, 2.24) is 21.3 Å². The summed E-state index contributed by atoms with van der Waals surface area (Å²) in [5.41, 5.74) is 0. The summed E-state index contributed by atoms with van der Waals surface area (Å²) in [6.07, 6.45) is -11.1. The summed E-state index contributed by atoms with van der Waals surface area (Å²) in [5, 5.41) is 213. The van der Waals surface area contributed by atoms with Gasteiger partial charge in [-0.3, -0.25) is 19.2 Å². The number of allylic oxidation sites excluding steroid dienone is 1. The van der Waals surface area contributed by atoms with Crippen LogP contribution < -0.4 is 21.3 Å². The van der Waals surface area contributed by atoms with Gasteiger partial charge in [-0.15, -0.1) is 0 Å². The molecule has 5 heterocycles. The molecule has 5 saturated heterocycles. The normalized spacial score (nSPS) is 32.3. The number of carboxylic acids is 2. The zero-order chi connectivity index (χ0) is 90.1. The molecule has 0 aliphatic carbocycles. The number of carboxylic acid groups (broad SMARTS) is 2. The highest BCUT2D eigenvalue weighted by Gasteiger charge is 2.64. The number of unbranched alkanes of at least 4 members (excludes halogenated alkanes) is 31. The lowest BCUT2D eigenvalue weighted by molar-refractivity contribution is -0.402. The van der Waals surface area contributed by atoms with E-state index in [-0.39, 0.29) is 6.42 Å². The molecule has 0 aromatic carbocycles. The van der Waals surface area contributed by atoms with Crippen molar-refractivity contribution >= 4 is 35.6 Å². The number of aliphatic hydroxyl groups is 16. The number of carbonyl (C=O) groups is 6. The molecule has 0 saturated carbocycles. The number of carbonyl (C=O) groups excluding carboxylic acids is 4. The first-order valence-electron chi connectivity index (χ1n) is 44.7. The fourth-order valence-corrected chi connectivity index (χ4v) is 16.5. The zero-order valence-electron chi connectivity index (χ0n) is 72.0. The fourth-order valence-electron chi connectivity index (χ4n) is 16.5. The van der Waals surface area contributed by atoms with E-state index in [1.54, 1.807) is 6.08 Å². The maximum Gasteiger partial charge on any atom is 0.364 e. The van der Waals surface area contributed by atoms with E-state index >= 15 is 0 Å². The summed E-state index contributed by atoms with van der Waals surface area (Å²) in [7, 11) is 0. The molecule has 38 nitrogen and oxygen atoms in total. The molecule has 5 aliphatic rings. The molecule has 710 valence electrons. The van der Waals surface area contributed by atoms with E-state index in [1.807, 2.05) is 0 Å². The molecule has 22 N–H and O–H groups in total. The van der Waals surface area contributed by atoms with Crippen LogP contribution in [0.2, 0.25) is 0 Å². The van der Waals surface area contributed by atoms with Crippen molar-refractivity contribution in [3.05, 3.63) is 12.2 Å². The van der Waals surface area contributed by atoms with Gasteiger partial charge in [-0.05, 0) is 19.3 Å². The quantitative estimate of drug-likeness (QED) is 0.0294. The number of nitrogens with one attached hydrogen (secondary N) is 4. The first-order valence-corrected chi connectivity index (χ1v) is 44.7. The first kappa shape index (κ1) is 108. The van der Waals surface area contributed by atoms with Crippen LogP contribution in [-0.2, 0) is 76.1 Å². The smallest absolute Gasteiger partial charge is 0.364 e. The lowest BCUT2D eigenvalue weighted by atomic mass is 9.87. The molecule has 0 radical (unpaired) electrons. The van der Waals surface area contributed by atoms with Crippen molar-refractivity contribution in [1.29, 1.82) is 0 Å². The SMILES string of the molecule is CCCCCCCCCCCCC/C=C/[C@@H](O)[C@H](CO[C@@H]1O[C@H](CO)[C@@H](O[C@@H]2O[C@H](CO)[C@H](O[C@@H]3O[C@H](CO)[C@H](O)[C@H](O)[C@H]3NC(C)=O)[C@H](O[C@]3(C(=O)O)C[C@H](O)[C@@H](NC(C)=O)C([C@H](O)[C@@H](CO)O[C@]4(C(=O)O)C[C@H](O)[C@@H](NC(C)=O)C([C@H](O)[C@H](O)CO)O4)O3)[C@H]2O)[C@H](O)[C@H]1O)NC(=O)CCCCCCCCCCCCCCCCCCCCCCC. The van der Waals surface area contributed by atoms with Crippen molar-refractivity contribution in [2.75, 3.05) is 39.6 Å². The standard InChI is InChI=1S/C84H150N4O34/c1-6-8-10-12-14-16-18-20-21-22-23-24-25-26-27-29-31-33-35-37-39-41-62(101)88-53(54(97)40-38-36-34-32-30-28-19-17-15-13-11-9-7-2)49-113-79-71(107)70(106)73(60(47-92)115-79)117-80-72(108)77(74(61(48-93)116-80)118-78-65(87-52(5)96)69(105)67(103)58(45-90)114-78)122-84(82(111)112)43-56(99)64(86-51(4)95)76(121-84)68(104)59(46-91)119-83(81(109)110)42-55(98)63(85-50(3)94)75(120-83)66(102)57(100)44-89/h38,40,53-61,63-80,89-93,97-100,102-108H,6-37,39,41-49H2,1-5H3,(H,85,94)(H,86,95)(H,87,96)(H,88,101)(H,109,110)(H,111,112)/b40-38+/t53-,54+,55-,56-,57+,58+,59+,60+,61+,63+,64+,65+,66+,67-,68+,69+,70+,71+,72+,73+,74-,75?,76?,77+,78-,79+,80-,83+,84-/m0/s1. The van der Waals surface area contributed by atoms with Gasteiger partial charge in [0.2, 0.25) is 23.6 Å². The van der Waals surface area contributed by atoms with E-state index in [9.17, 15) is 121 Å². The van der Waals surface area contributed by atoms with Crippen LogP contribution in [0.15, 0.2) is 12.2 Å². The summed E-state index contributed by atoms with van der Waals surface area (Å²) < 4.78 is 60.0. The Hall–Kier alpha value is -4.48. The number of aliphatic hydroxyl groups excluding tert-OH is 16. The third-order valence-corrected chi connectivity index (χ3v) is 23.5. The lowest BCUT2D eigenvalue weighted by Crippen LogP contribution is -2.72. The van der Waals surface area contributed by atoms with Crippen molar-refractivity contribution in [2.45, 2.75) is 442 Å². The average Bonchev–Trinajstić information content (AvgIpc) is 0.741. The van der Waals surface area contributed by atoms with E-state index in [4.69, 9.17) is 47.4 Å². The summed E-state index contributed by atoms with van der Waals surface area (Å²) in [6.45, 7) is 0.559. The van der Waals surface area contributed by atoms with Gasteiger partial charge in [-0.2, -0.15) is 0 Å². The summed E-state index contributed by atoms with van der Waals surface area (Å²) >= 11 is 0. The highest BCUT2D eigenvalue weighted by atomic mass is 16.8. The monoisotopic (exact) mass is 1760 g/mol. The van der Waals surface area contributed by atoms with Gasteiger partial charge in [-0.1, -0.05) is 219 Å². The topological polar surface area (TPSA) is 607 Å².